The number of carbonyl (C=O) groups excluding carboxylic acids is 1. The normalized spacial score (nSPS) is 15.2. The molecule has 0 radical (unpaired) electrons. The minimum absolute atomic E-state index is 0.0110. The molecule has 6 nitrogen and oxygen atoms in total. The van der Waals surface area contributed by atoms with Gasteiger partial charge in [-0.25, -0.2) is 14.2 Å². The third-order valence-electron chi connectivity index (χ3n) is 3.63. The van der Waals surface area contributed by atoms with Crippen molar-refractivity contribution in [3.05, 3.63) is 79.7 Å². The van der Waals surface area contributed by atoms with E-state index in [1.54, 1.807) is 6.07 Å². The van der Waals surface area contributed by atoms with Crippen LogP contribution in [0.15, 0.2) is 47.1 Å². The molecule has 0 fully saturated rings. The van der Waals surface area contributed by atoms with Gasteiger partial charge in [-0.2, -0.15) is 0 Å². The van der Waals surface area contributed by atoms with Crippen molar-refractivity contribution in [3.63, 3.8) is 0 Å². The van der Waals surface area contributed by atoms with Crippen molar-refractivity contribution in [2.75, 3.05) is 0 Å². The van der Waals surface area contributed by atoms with Crippen LogP contribution in [0.4, 0.5) is 10.1 Å². The van der Waals surface area contributed by atoms with E-state index in [2.05, 4.69) is 4.99 Å². The van der Waals surface area contributed by atoms with Crippen LogP contribution in [0.1, 0.15) is 16.7 Å². The first-order valence-electron chi connectivity index (χ1n) is 7.09. The topological polar surface area (TPSA) is 81.8 Å². The Labute approximate surface area is 146 Å². The summed E-state index contributed by atoms with van der Waals surface area (Å²) in [5, 5.41) is 11.1. The molecular weight excluding hydrogens is 351 g/mol. The lowest BCUT2D eigenvalue weighted by Crippen LogP contribution is -2.08. The number of ether oxygens (including phenoxy) is 1. The van der Waals surface area contributed by atoms with Gasteiger partial charge in [0, 0.05) is 22.8 Å². The predicted molar refractivity (Wildman–Crippen MR) is 89.8 cm³/mol. The van der Waals surface area contributed by atoms with Crippen LogP contribution in [0.25, 0.3) is 6.08 Å². The highest BCUT2D eigenvalue weighted by molar-refractivity contribution is 6.32. The number of carbonyl (C=O) groups is 1. The number of nitrogens with zero attached hydrogens (tertiary/aromatic N) is 2. The molecule has 126 valence electrons. The van der Waals surface area contributed by atoms with Crippen LogP contribution in [0.3, 0.4) is 0 Å². The molecule has 0 saturated carbocycles. The number of hydrogen-bond donors (Lipinski definition) is 0. The van der Waals surface area contributed by atoms with Crippen LogP contribution < -0.4 is 0 Å². The highest BCUT2D eigenvalue weighted by atomic mass is 35.5. The number of cyclic esters (lactones) is 1. The highest BCUT2D eigenvalue weighted by Gasteiger charge is 2.27. The summed E-state index contributed by atoms with van der Waals surface area (Å²) in [5.74, 6) is -1.48. The lowest BCUT2D eigenvalue weighted by molar-refractivity contribution is -0.385. The van der Waals surface area contributed by atoms with Crippen molar-refractivity contribution in [2.24, 2.45) is 4.99 Å². The van der Waals surface area contributed by atoms with E-state index in [1.807, 2.05) is 0 Å². The smallest absolute Gasteiger partial charge is 0.363 e. The van der Waals surface area contributed by atoms with Crippen LogP contribution in [-0.2, 0) is 9.53 Å². The van der Waals surface area contributed by atoms with E-state index < -0.39 is 16.7 Å². The third kappa shape index (κ3) is 3.14. The molecule has 1 aliphatic rings. The van der Waals surface area contributed by atoms with E-state index in [4.69, 9.17) is 16.3 Å². The summed E-state index contributed by atoms with van der Waals surface area (Å²) in [6.45, 7) is 1.53. The Bertz CT molecular complexity index is 949. The van der Waals surface area contributed by atoms with E-state index in [9.17, 15) is 19.3 Å². The van der Waals surface area contributed by atoms with Crippen molar-refractivity contribution in [1.29, 1.82) is 0 Å². The summed E-state index contributed by atoms with van der Waals surface area (Å²) in [6.07, 6.45) is 1.18. The number of nitro groups is 1. The van der Waals surface area contributed by atoms with Crippen LogP contribution in [0, 0.1) is 22.9 Å². The van der Waals surface area contributed by atoms with E-state index in [1.165, 1.54) is 43.3 Å². The molecule has 0 N–H and O–H groups in total. The first-order valence-corrected chi connectivity index (χ1v) is 7.47. The Hall–Kier alpha value is -3.06. The second kappa shape index (κ2) is 6.45. The largest absolute Gasteiger partial charge is 0.402 e. The Balaban J connectivity index is 2.06. The Morgan fingerprint density at radius 2 is 2.00 bits per heavy atom. The second-order valence-electron chi connectivity index (χ2n) is 5.18. The van der Waals surface area contributed by atoms with E-state index in [0.717, 1.165) is 0 Å². The molecular formula is C17H10ClFN2O4. The van der Waals surface area contributed by atoms with E-state index in [0.29, 0.717) is 11.1 Å². The van der Waals surface area contributed by atoms with Gasteiger partial charge < -0.3 is 4.74 Å². The quantitative estimate of drug-likeness (QED) is 0.358. The molecule has 2 aromatic rings. The van der Waals surface area contributed by atoms with Gasteiger partial charge in [-0.15, -0.1) is 0 Å². The number of halogens is 2. The lowest BCUT2D eigenvalue weighted by atomic mass is 10.1. The Morgan fingerprint density at radius 1 is 1.28 bits per heavy atom. The van der Waals surface area contributed by atoms with Crippen LogP contribution >= 0.6 is 11.6 Å². The highest BCUT2D eigenvalue weighted by Crippen LogP contribution is 2.28. The van der Waals surface area contributed by atoms with Crippen molar-refractivity contribution in [3.8, 4) is 0 Å². The minimum Gasteiger partial charge on any atom is -0.402 e. The molecule has 1 heterocycles. The van der Waals surface area contributed by atoms with Gasteiger partial charge in [0.2, 0.25) is 5.90 Å². The SMILES string of the molecule is Cc1c(C2=N/C(=C\c3c(F)cccc3Cl)C(=O)O2)cccc1[N+](=O)[O-]. The maximum absolute atomic E-state index is 13.9. The first kappa shape index (κ1) is 16.8. The predicted octanol–water partition coefficient (Wildman–Crippen LogP) is 4.04. The molecule has 3 rings (SSSR count). The summed E-state index contributed by atoms with van der Waals surface area (Å²) in [6, 6.07) is 8.47. The summed E-state index contributed by atoms with van der Waals surface area (Å²) in [5.41, 5.74) is 0.366. The number of nitro benzene ring substituents is 1. The maximum Gasteiger partial charge on any atom is 0.363 e. The number of esters is 1. The van der Waals surface area contributed by atoms with Gasteiger partial charge in [0.05, 0.1) is 9.95 Å². The van der Waals surface area contributed by atoms with E-state index >= 15 is 0 Å². The Kier molecular flexibility index (Phi) is 4.33. The minimum atomic E-state index is -0.791. The number of rotatable bonds is 3. The zero-order valence-corrected chi connectivity index (χ0v) is 13.6. The molecule has 0 unspecified atom stereocenters. The fourth-order valence-electron chi connectivity index (χ4n) is 2.36. The average molecular weight is 361 g/mol. The fourth-order valence-corrected chi connectivity index (χ4v) is 2.58. The summed E-state index contributed by atoms with van der Waals surface area (Å²) < 4.78 is 18.9. The van der Waals surface area contributed by atoms with Crippen LogP contribution in [0.2, 0.25) is 5.02 Å². The van der Waals surface area contributed by atoms with Crippen molar-refractivity contribution in [2.45, 2.75) is 6.92 Å². The van der Waals surface area contributed by atoms with Crippen molar-refractivity contribution in [1.82, 2.24) is 0 Å². The number of hydrogen-bond acceptors (Lipinski definition) is 5. The zero-order valence-electron chi connectivity index (χ0n) is 12.8. The van der Waals surface area contributed by atoms with Gasteiger partial charge in [0.25, 0.3) is 5.69 Å². The number of benzene rings is 2. The first-order chi connectivity index (χ1) is 11.9. The molecule has 0 bridgehead atoms. The average Bonchev–Trinajstić information content (AvgIpc) is 2.91. The summed E-state index contributed by atoms with van der Waals surface area (Å²) in [7, 11) is 0. The summed E-state index contributed by atoms with van der Waals surface area (Å²) in [4.78, 5) is 26.5. The van der Waals surface area contributed by atoms with Gasteiger partial charge >= 0.3 is 5.97 Å². The van der Waals surface area contributed by atoms with Gasteiger partial charge in [-0.3, -0.25) is 10.1 Å². The third-order valence-corrected chi connectivity index (χ3v) is 3.96. The molecule has 0 saturated heterocycles. The zero-order chi connectivity index (χ0) is 18.1. The van der Waals surface area contributed by atoms with Gasteiger partial charge in [-0.1, -0.05) is 23.7 Å². The lowest BCUT2D eigenvalue weighted by Gasteiger charge is -2.04. The molecule has 0 spiro atoms. The monoisotopic (exact) mass is 360 g/mol. The standard InChI is InChI=1S/C17H10ClFN2O4/c1-9-10(4-2-7-15(9)21(23)24)16-20-14(17(22)25-16)8-11-12(18)5-3-6-13(11)19/h2-8H,1H3/b14-8-. The summed E-state index contributed by atoms with van der Waals surface area (Å²) >= 11 is 5.93. The van der Waals surface area contributed by atoms with Crippen molar-refractivity contribution >= 4 is 35.2 Å². The van der Waals surface area contributed by atoms with Gasteiger partial charge in [-0.05, 0) is 31.2 Å². The molecule has 1 aliphatic heterocycles. The Morgan fingerprint density at radius 3 is 2.68 bits per heavy atom. The molecule has 2 aromatic carbocycles. The maximum atomic E-state index is 13.9. The van der Waals surface area contributed by atoms with Crippen molar-refractivity contribution < 1.29 is 18.8 Å². The van der Waals surface area contributed by atoms with Gasteiger partial charge in [0.15, 0.2) is 5.70 Å². The van der Waals surface area contributed by atoms with Crippen LogP contribution in [0.5, 0.6) is 0 Å². The fraction of sp³-hybridized carbons (Fsp3) is 0.0588. The van der Waals surface area contributed by atoms with E-state index in [-0.39, 0.29) is 27.9 Å². The number of aliphatic imine (C=N–C) groups is 1. The molecule has 8 heteroatoms. The molecule has 0 atom stereocenters. The molecule has 25 heavy (non-hydrogen) atoms. The molecule has 0 aromatic heterocycles. The molecule has 0 aliphatic carbocycles. The van der Waals surface area contributed by atoms with Gasteiger partial charge in [0.1, 0.15) is 5.82 Å². The second-order valence-corrected chi connectivity index (χ2v) is 5.59. The molecule has 0 amide bonds. The van der Waals surface area contributed by atoms with Crippen LogP contribution in [-0.4, -0.2) is 16.8 Å².